The summed E-state index contributed by atoms with van der Waals surface area (Å²) >= 11 is 0. The highest BCUT2D eigenvalue weighted by atomic mass is 16.5. The number of nitrogens with zero attached hydrogens (tertiary/aromatic N) is 1. The molecule has 0 bridgehead atoms. The van der Waals surface area contributed by atoms with Gasteiger partial charge < -0.3 is 19.4 Å². The third kappa shape index (κ3) is 4.02. The molecular formula is C23H28N2O2. The van der Waals surface area contributed by atoms with Crippen molar-refractivity contribution in [2.45, 2.75) is 25.4 Å². The fraction of sp³-hybridized carbons (Fsp3) is 0.391. The monoisotopic (exact) mass is 364 g/mol. The molecule has 0 saturated carbocycles. The summed E-state index contributed by atoms with van der Waals surface area (Å²) < 4.78 is 11.7. The zero-order valence-corrected chi connectivity index (χ0v) is 16.2. The van der Waals surface area contributed by atoms with Gasteiger partial charge in [-0.15, -0.1) is 0 Å². The van der Waals surface area contributed by atoms with Crippen molar-refractivity contribution in [1.82, 2.24) is 9.88 Å². The van der Waals surface area contributed by atoms with Crippen LogP contribution in [0.1, 0.15) is 16.7 Å². The molecule has 1 aliphatic carbocycles. The molecule has 4 nitrogen and oxygen atoms in total. The molecule has 0 fully saturated rings. The molecule has 4 heteroatoms. The van der Waals surface area contributed by atoms with Crippen molar-refractivity contribution in [2.24, 2.45) is 0 Å². The second-order valence-corrected chi connectivity index (χ2v) is 7.46. The number of nitrogens with one attached hydrogen (secondary N) is 1. The molecule has 0 radical (unpaired) electrons. The maximum atomic E-state index is 6.49. The molecule has 0 amide bonds. The van der Waals surface area contributed by atoms with Crippen molar-refractivity contribution in [2.75, 3.05) is 33.9 Å². The minimum Gasteiger partial charge on any atom is -0.489 e. The average Bonchev–Trinajstić information content (AvgIpc) is 3.28. The van der Waals surface area contributed by atoms with Gasteiger partial charge >= 0.3 is 0 Å². The molecule has 0 spiro atoms. The van der Waals surface area contributed by atoms with Gasteiger partial charge in [-0.3, -0.25) is 0 Å². The fourth-order valence-electron chi connectivity index (χ4n) is 3.97. The van der Waals surface area contributed by atoms with E-state index in [2.05, 4.69) is 65.6 Å². The summed E-state index contributed by atoms with van der Waals surface area (Å²) in [5.41, 5.74) is 5.31. The van der Waals surface area contributed by atoms with Gasteiger partial charge in [0.25, 0.3) is 0 Å². The van der Waals surface area contributed by atoms with Gasteiger partial charge in [0.2, 0.25) is 0 Å². The number of H-pyrrole nitrogens is 1. The molecule has 1 aromatic heterocycles. The van der Waals surface area contributed by atoms with E-state index in [0.29, 0.717) is 0 Å². The predicted octanol–water partition coefficient (Wildman–Crippen LogP) is 3.83. The Hall–Kier alpha value is -2.30. The Morgan fingerprint density at radius 3 is 2.56 bits per heavy atom. The quantitative estimate of drug-likeness (QED) is 0.660. The van der Waals surface area contributed by atoms with Crippen LogP contribution in [0.4, 0.5) is 0 Å². The lowest BCUT2D eigenvalue weighted by Gasteiger charge is -2.17. The van der Waals surface area contributed by atoms with Crippen LogP contribution in [0.2, 0.25) is 0 Å². The van der Waals surface area contributed by atoms with Crippen LogP contribution in [0.3, 0.4) is 0 Å². The van der Waals surface area contributed by atoms with Gasteiger partial charge in [-0.05, 0) is 42.3 Å². The molecule has 1 N–H and O–H groups in total. The Morgan fingerprint density at radius 1 is 1.04 bits per heavy atom. The normalized spacial score (nSPS) is 14.2. The minimum atomic E-state index is 0.222. The van der Waals surface area contributed by atoms with Gasteiger partial charge in [0.05, 0.1) is 6.61 Å². The van der Waals surface area contributed by atoms with E-state index >= 15 is 0 Å². The highest BCUT2D eigenvalue weighted by molar-refractivity contribution is 5.89. The van der Waals surface area contributed by atoms with Gasteiger partial charge in [0, 0.05) is 50.1 Å². The lowest BCUT2D eigenvalue weighted by Crippen LogP contribution is -2.25. The summed E-state index contributed by atoms with van der Waals surface area (Å²) in [7, 11) is 3.89. The second-order valence-electron chi connectivity index (χ2n) is 7.46. The van der Waals surface area contributed by atoms with Gasteiger partial charge in [0.1, 0.15) is 11.9 Å². The zero-order chi connectivity index (χ0) is 18.6. The molecule has 0 atom stereocenters. The van der Waals surface area contributed by atoms with Crippen LogP contribution < -0.4 is 4.74 Å². The molecule has 142 valence electrons. The van der Waals surface area contributed by atoms with E-state index in [1.807, 2.05) is 0 Å². The van der Waals surface area contributed by atoms with E-state index in [-0.39, 0.29) is 6.10 Å². The van der Waals surface area contributed by atoms with Gasteiger partial charge in [-0.1, -0.05) is 30.3 Å². The van der Waals surface area contributed by atoms with Crippen LogP contribution in [0.15, 0.2) is 48.7 Å². The van der Waals surface area contributed by atoms with Crippen LogP contribution in [0, 0.1) is 0 Å². The fourth-order valence-corrected chi connectivity index (χ4v) is 3.97. The van der Waals surface area contributed by atoms with E-state index in [1.165, 1.54) is 22.1 Å². The predicted molar refractivity (Wildman–Crippen MR) is 110 cm³/mol. The standard InChI is InChI=1S/C23H28N2O2/c1-25(12-13-26-2)11-10-19-16-24-21-8-5-9-22(23(19)21)27-20-14-17-6-3-4-7-18(17)15-20/h3-9,16,20,24H,10-15H2,1-2H3. The average molecular weight is 364 g/mol. The van der Waals surface area contributed by atoms with E-state index in [1.54, 1.807) is 7.11 Å². The van der Waals surface area contributed by atoms with E-state index < -0.39 is 0 Å². The van der Waals surface area contributed by atoms with Crippen LogP contribution in [-0.2, 0) is 24.0 Å². The maximum absolute atomic E-state index is 6.49. The number of likely N-dealkylation sites (N-methyl/N-ethyl adjacent to an activating group) is 1. The van der Waals surface area contributed by atoms with Crippen molar-refractivity contribution >= 4 is 10.9 Å². The first-order valence-corrected chi connectivity index (χ1v) is 9.74. The van der Waals surface area contributed by atoms with Gasteiger partial charge in [0.15, 0.2) is 0 Å². The number of aromatic amines is 1. The summed E-state index contributed by atoms with van der Waals surface area (Å²) in [6.45, 7) is 2.71. The number of hydrogen-bond acceptors (Lipinski definition) is 3. The summed E-state index contributed by atoms with van der Waals surface area (Å²) in [5.74, 6) is 1.00. The number of aromatic nitrogens is 1. The minimum absolute atomic E-state index is 0.222. The van der Waals surface area contributed by atoms with Crippen molar-refractivity contribution < 1.29 is 9.47 Å². The van der Waals surface area contributed by atoms with Crippen molar-refractivity contribution in [3.63, 3.8) is 0 Å². The van der Waals surface area contributed by atoms with Gasteiger partial charge in [-0.25, -0.2) is 0 Å². The summed E-state index contributed by atoms with van der Waals surface area (Å²) in [5, 5.41) is 1.23. The Labute approximate surface area is 161 Å². The zero-order valence-electron chi connectivity index (χ0n) is 16.2. The Bertz CT molecular complexity index is 877. The number of ether oxygens (including phenoxy) is 2. The first-order chi connectivity index (χ1) is 13.2. The number of fused-ring (bicyclic) bond motifs is 2. The Morgan fingerprint density at radius 2 is 1.81 bits per heavy atom. The van der Waals surface area contributed by atoms with E-state index in [9.17, 15) is 0 Å². The Balaban J connectivity index is 1.49. The van der Waals surface area contributed by atoms with Crippen LogP contribution in [0.5, 0.6) is 5.75 Å². The molecule has 3 aromatic rings. The van der Waals surface area contributed by atoms with E-state index in [0.717, 1.165) is 50.2 Å². The number of hydrogen-bond donors (Lipinski definition) is 1. The lowest BCUT2D eigenvalue weighted by atomic mass is 10.1. The summed E-state index contributed by atoms with van der Waals surface area (Å²) in [6.07, 6.45) is 5.33. The smallest absolute Gasteiger partial charge is 0.129 e. The Kier molecular flexibility index (Phi) is 5.46. The van der Waals surface area contributed by atoms with Crippen LogP contribution >= 0.6 is 0 Å². The van der Waals surface area contributed by atoms with Crippen LogP contribution in [0.25, 0.3) is 10.9 Å². The summed E-state index contributed by atoms with van der Waals surface area (Å²) in [6, 6.07) is 15.0. The molecule has 0 aliphatic heterocycles. The van der Waals surface area contributed by atoms with Crippen LogP contribution in [-0.4, -0.2) is 49.8 Å². The largest absolute Gasteiger partial charge is 0.489 e. The molecule has 1 heterocycles. The first-order valence-electron chi connectivity index (χ1n) is 9.74. The SMILES string of the molecule is COCCN(C)CCc1c[nH]c2cccc(OC3Cc4ccccc4C3)c12. The third-order valence-corrected chi connectivity index (χ3v) is 5.50. The molecule has 1 aliphatic rings. The van der Waals surface area contributed by atoms with E-state index in [4.69, 9.17) is 9.47 Å². The topological polar surface area (TPSA) is 37.5 Å². The molecule has 4 rings (SSSR count). The lowest BCUT2D eigenvalue weighted by molar-refractivity contribution is 0.162. The number of benzene rings is 2. The highest BCUT2D eigenvalue weighted by Gasteiger charge is 2.23. The maximum Gasteiger partial charge on any atom is 0.129 e. The van der Waals surface area contributed by atoms with Crippen molar-refractivity contribution in [3.05, 3.63) is 65.4 Å². The molecule has 27 heavy (non-hydrogen) atoms. The third-order valence-electron chi connectivity index (χ3n) is 5.50. The summed E-state index contributed by atoms with van der Waals surface area (Å²) in [4.78, 5) is 5.72. The number of rotatable bonds is 8. The van der Waals surface area contributed by atoms with Crippen molar-refractivity contribution in [1.29, 1.82) is 0 Å². The van der Waals surface area contributed by atoms with Crippen molar-refractivity contribution in [3.8, 4) is 5.75 Å². The molecule has 0 saturated heterocycles. The highest BCUT2D eigenvalue weighted by Crippen LogP contribution is 2.32. The van der Waals surface area contributed by atoms with Gasteiger partial charge in [-0.2, -0.15) is 0 Å². The molecule has 2 aromatic carbocycles. The first kappa shape index (κ1) is 18.1. The second kappa shape index (κ2) is 8.15. The molecular weight excluding hydrogens is 336 g/mol. The number of methoxy groups -OCH3 is 1. The molecule has 0 unspecified atom stereocenters.